The molecule has 0 saturated heterocycles. The van der Waals surface area contributed by atoms with Crippen LogP contribution in [0.25, 0.3) is 0 Å². The predicted octanol–water partition coefficient (Wildman–Crippen LogP) is 2.57. The number of carbonyl (C=O) groups is 1. The summed E-state index contributed by atoms with van der Waals surface area (Å²) in [6, 6.07) is 8.25. The van der Waals surface area contributed by atoms with E-state index in [2.05, 4.69) is 28.1 Å². The summed E-state index contributed by atoms with van der Waals surface area (Å²) in [7, 11) is 3.52. The van der Waals surface area contributed by atoms with E-state index in [0.717, 1.165) is 6.42 Å². The van der Waals surface area contributed by atoms with Crippen molar-refractivity contribution >= 4 is 33.6 Å². The highest BCUT2D eigenvalue weighted by Gasteiger charge is 2.30. The minimum Gasteiger partial charge on any atom is -0.383 e. The lowest BCUT2D eigenvalue weighted by Crippen LogP contribution is -2.39. The molecule has 1 aromatic rings. The van der Waals surface area contributed by atoms with Crippen molar-refractivity contribution in [2.75, 3.05) is 27.3 Å². The van der Waals surface area contributed by atoms with Gasteiger partial charge < -0.3 is 9.64 Å². The first-order chi connectivity index (χ1) is 9.11. The minimum absolute atomic E-state index is 0.0182. The number of hydrogen-bond acceptors (Lipinski definition) is 3. The Kier molecular flexibility index (Phi) is 5.30. The molecule has 1 aliphatic rings. The number of thioether (sulfide) groups is 1. The quantitative estimate of drug-likeness (QED) is 0.769. The maximum Gasteiger partial charge on any atom is 0.236 e. The van der Waals surface area contributed by atoms with Gasteiger partial charge in [0.25, 0.3) is 0 Å². The highest BCUT2D eigenvalue weighted by atomic mass is 79.9. The van der Waals surface area contributed by atoms with E-state index in [1.807, 2.05) is 19.2 Å². The molecule has 104 valence electrons. The molecule has 1 amide bonds. The van der Waals surface area contributed by atoms with Crippen LogP contribution in [0, 0.1) is 0 Å². The van der Waals surface area contributed by atoms with Gasteiger partial charge in [-0.2, -0.15) is 0 Å². The van der Waals surface area contributed by atoms with Gasteiger partial charge in [0.15, 0.2) is 0 Å². The average Bonchev–Trinajstić information content (AvgIpc) is 2.81. The van der Waals surface area contributed by atoms with Gasteiger partial charge in [-0.05, 0) is 18.1 Å². The van der Waals surface area contributed by atoms with E-state index in [9.17, 15) is 4.79 Å². The molecule has 19 heavy (non-hydrogen) atoms. The number of amides is 1. The van der Waals surface area contributed by atoms with Crippen LogP contribution >= 0.6 is 27.7 Å². The fraction of sp³-hybridized carbons (Fsp3) is 0.500. The summed E-state index contributed by atoms with van der Waals surface area (Å²) < 4.78 is 5.07. The zero-order valence-electron chi connectivity index (χ0n) is 11.1. The van der Waals surface area contributed by atoms with Gasteiger partial charge in [0.2, 0.25) is 5.91 Å². The zero-order chi connectivity index (χ0) is 13.8. The standard InChI is InChI=1S/C14H18BrNO2S/c1-16(8-11(15)9-18-2)14(17)13-7-10-5-3-4-6-12(10)19-13/h3-6,11,13H,7-9H2,1-2H3. The average molecular weight is 344 g/mol. The third-order valence-corrected chi connectivity index (χ3v) is 4.98. The van der Waals surface area contributed by atoms with Crippen LogP contribution in [0.4, 0.5) is 0 Å². The lowest BCUT2D eigenvalue weighted by Gasteiger charge is -2.22. The fourth-order valence-corrected chi connectivity index (χ4v) is 4.20. The molecule has 0 radical (unpaired) electrons. The van der Waals surface area contributed by atoms with Crippen molar-refractivity contribution < 1.29 is 9.53 Å². The fourth-order valence-electron chi connectivity index (χ4n) is 2.19. The summed E-state index contributed by atoms with van der Waals surface area (Å²) in [4.78, 5) is 15.6. The third-order valence-electron chi connectivity index (χ3n) is 3.12. The highest BCUT2D eigenvalue weighted by molar-refractivity contribution is 9.09. The second-order valence-electron chi connectivity index (χ2n) is 4.69. The van der Waals surface area contributed by atoms with E-state index in [1.54, 1.807) is 23.8 Å². The van der Waals surface area contributed by atoms with E-state index in [1.165, 1.54) is 10.5 Å². The summed E-state index contributed by atoms with van der Waals surface area (Å²) in [5, 5.41) is 0.0182. The van der Waals surface area contributed by atoms with Crippen molar-refractivity contribution in [1.82, 2.24) is 4.90 Å². The van der Waals surface area contributed by atoms with Crippen molar-refractivity contribution in [3.63, 3.8) is 0 Å². The summed E-state index contributed by atoms with van der Waals surface area (Å²) in [6.07, 6.45) is 0.835. The summed E-state index contributed by atoms with van der Waals surface area (Å²) >= 11 is 5.19. The van der Waals surface area contributed by atoms with Gasteiger partial charge in [0.1, 0.15) is 0 Å². The van der Waals surface area contributed by atoms with Gasteiger partial charge in [-0.1, -0.05) is 34.1 Å². The first-order valence-corrected chi connectivity index (χ1v) is 8.04. The molecule has 0 aliphatic carbocycles. The van der Waals surface area contributed by atoms with Crippen molar-refractivity contribution in [2.24, 2.45) is 0 Å². The van der Waals surface area contributed by atoms with Crippen LogP contribution in [0.5, 0.6) is 0 Å². The topological polar surface area (TPSA) is 29.5 Å². The van der Waals surface area contributed by atoms with Crippen molar-refractivity contribution in [3.05, 3.63) is 29.8 Å². The van der Waals surface area contributed by atoms with Crippen LogP contribution in [0.3, 0.4) is 0 Å². The normalized spacial score (nSPS) is 19.0. The molecule has 0 spiro atoms. The van der Waals surface area contributed by atoms with E-state index < -0.39 is 0 Å². The van der Waals surface area contributed by atoms with Crippen LogP contribution in [0.2, 0.25) is 0 Å². The molecule has 2 unspecified atom stereocenters. The summed E-state index contributed by atoms with van der Waals surface area (Å²) in [5.74, 6) is 0.196. The molecule has 3 nitrogen and oxygen atoms in total. The number of hydrogen-bond donors (Lipinski definition) is 0. The SMILES string of the molecule is COCC(Br)CN(C)C(=O)C1Cc2ccccc2S1. The zero-order valence-corrected chi connectivity index (χ0v) is 13.5. The van der Waals surface area contributed by atoms with Gasteiger partial charge in [-0.15, -0.1) is 11.8 Å². The first-order valence-electron chi connectivity index (χ1n) is 6.24. The van der Waals surface area contributed by atoms with Crippen molar-refractivity contribution in [1.29, 1.82) is 0 Å². The maximum atomic E-state index is 12.4. The second kappa shape index (κ2) is 6.77. The summed E-state index contributed by atoms with van der Waals surface area (Å²) in [6.45, 7) is 1.27. The largest absolute Gasteiger partial charge is 0.383 e. The third kappa shape index (κ3) is 3.74. The first kappa shape index (κ1) is 14.9. The van der Waals surface area contributed by atoms with E-state index in [4.69, 9.17) is 4.74 Å². The van der Waals surface area contributed by atoms with Gasteiger partial charge in [0.05, 0.1) is 16.7 Å². The van der Waals surface area contributed by atoms with E-state index in [-0.39, 0.29) is 16.0 Å². The molecule has 1 aliphatic heterocycles. The Morgan fingerprint density at radius 1 is 1.58 bits per heavy atom. The van der Waals surface area contributed by atoms with Gasteiger partial charge in [-0.25, -0.2) is 0 Å². The Hall–Kier alpha value is -0.520. The minimum atomic E-state index is 0.0182. The van der Waals surface area contributed by atoms with Gasteiger partial charge >= 0.3 is 0 Å². The van der Waals surface area contributed by atoms with Crippen molar-refractivity contribution in [2.45, 2.75) is 21.4 Å². The number of alkyl halides is 1. The molecule has 1 heterocycles. The number of halogens is 1. The van der Waals surface area contributed by atoms with Crippen molar-refractivity contribution in [3.8, 4) is 0 Å². The Morgan fingerprint density at radius 2 is 2.32 bits per heavy atom. The van der Waals surface area contributed by atoms with E-state index >= 15 is 0 Å². The van der Waals surface area contributed by atoms with E-state index in [0.29, 0.717) is 13.2 Å². The number of ether oxygens (including phenoxy) is 1. The smallest absolute Gasteiger partial charge is 0.236 e. The highest BCUT2D eigenvalue weighted by Crippen LogP contribution is 2.37. The number of methoxy groups -OCH3 is 1. The van der Waals surface area contributed by atoms with Crippen LogP contribution in [-0.2, 0) is 16.0 Å². The maximum absolute atomic E-state index is 12.4. The summed E-state index contributed by atoms with van der Waals surface area (Å²) in [5.41, 5.74) is 1.28. The Morgan fingerprint density at radius 3 is 3.00 bits per heavy atom. The molecule has 2 rings (SSSR count). The van der Waals surface area contributed by atoms with Crippen LogP contribution < -0.4 is 0 Å². The molecule has 0 bridgehead atoms. The van der Waals surface area contributed by atoms with Crippen LogP contribution in [0.15, 0.2) is 29.2 Å². The molecular weight excluding hydrogens is 326 g/mol. The lowest BCUT2D eigenvalue weighted by atomic mass is 10.1. The molecule has 0 fully saturated rings. The lowest BCUT2D eigenvalue weighted by molar-refractivity contribution is -0.129. The molecule has 5 heteroatoms. The molecule has 0 N–H and O–H groups in total. The molecule has 0 aromatic heterocycles. The Bertz CT molecular complexity index is 430. The predicted molar refractivity (Wildman–Crippen MR) is 82.0 cm³/mol. The number of nitrogens with zero attached hydrogens (tertiary/aromatic N) is 1. The number of fused-ring (bicyclic) bond motifs is 1. The molecule has 2 atom stereocenters. The Labute approximate surface area is 126 Å². The monoisotopic (exact) mass is 343 g/mol. The molecule has 1 aromatic carbocycles. The molecule has 0 saturated carbocycles. The van der Waals surface area contributed by atoms with Crippen LogP contribution in [-0.4, -0.2) is 48.2 Å². The van der Waals surface area contributed by atoms with Gasteiger partial charge in [-0.3, -0.25) is 4.79 Å². The number of rotatable bonds is 5. The molecular formula is C14H18BrNO2S. The second-order valence-corrected chi connectivity index (χ2v) is 7.23. The Balaban J connectivity index is 1.91. The number of benzene rings is 1. The number of carbonyl (C=O) groups excluding carboxylic acids is 1. The van der Waals surface area contributed by atoms with Crippen LogP contribution in [0.1, 0.15) is 5.56 Å². The van der Waals surface area contributed by atoms with Gasteiger partial charge in [0, 0.05) is 25.6 Å².